The molecule has 17 heteroatoms. The summed E-state index contributed by atoms with van der Waals surface area (Å²) in [5, 5.41) is 3.55. The van der Waals surface area contributed by atoms with Crippen molar-refractivity contribution in [2.45, 2.75) is 49.8 Å². The second kappa shape index (κ2) is 13.4. The first-order valence-electron chi connectivity index (χ1n) is 14.4. The number of nitrogens with zero attached hydrogens (tertiary/aromatic N) is 4. The second-order valence-corrected chi connectivity index (χ2v) is 13.9. The molecule has 1 fully saturated rings. The monoisotopic (exact) mass is 704 g/mol. The Morgan fingerprint density at radius 3 is 2.50 bits per heavy atom. The highest BCUT2D eigenvalue weighted by atomic mass is 35.5. The Morgan fingerprint density at radius 1 is 1.06 bits per heavy atom. The van der Waals surface area contributed by atoms with Crippen LogP contribution in [-0.4, -0.2) is 78.8 Å². The molecule has 2 N–H and O–H groups in total. The number of methoxy groups -OCH3 is 2. The molecule has 2 aromatic heterocycles. The van der Waals surface area contributed by atoms with Gasteiger partial charge in [0.2, 0.25) is 11.8 Å². The predicted molar refractivity (Wildman–Crippen MR) is 172 cm³/mol. The van der Waals surface area contributed by atoms with E-state index in [-0.39, 0.29) is 35.4 Å². The minimum absolute atomic E-state index is 0.00425. The number of anilines is 2. The van der Waals surface area contributed by atoms with E-state index in [1.807, 2.05) is 0 Å². The maximum atomic E-state index is 15.8. The Balaban J connectivity index is 1.38. The standard InChI is InChI=1S/C31H31ClF2N6O7S/c1-31(2,3)47-30(42)40-15-19(12-23(40)28(41)46-5)37-29-36-13-17-10-16(6-8-21(17)38-29)25-20(33)7-9-22(26(25)34)39-48(43,44)24-11-18(32)14-35-27(24)45-4/h6-11,13-14,19,23,39H,12,15H2,1-5H3,(H,36,37,38)/t19-,23+/m0/s1. The minimum Gasteiger partial charge on any atom is -0.480 e. The highest BCUT2D eigenvalue weighted by molar-refractivity contribution is 7.92. The molecular formula is C31H31ClF2N6O7S. The van der Waals surface area contributed by atoms with Gasteiger partial charge >= 0.3 is 12.1 Å². The van der Waals surface area contributed by atoms with Crippen LogP contribution in [0.1, 0.15) is 27.2 Å². The molecule has 1 saturated heterocycles. The smallest absolute Gasteiger partial charge is 0.411 e. The van der Waals surface area contributed by atoms with Crippen LogP contribution < -0.4 is 14.8 Å². The maximum Gasteiger partial charge on any atom is 0.411 e. The molecule has 1 amide bonds. The minimum atomic E-state index is -4.45. The summed E-state index contributed by atoms with van der Waals surface area (Å²) in [7, 11) is -2.01. The van der Waals surface area contributed by atoms with Crippen molar-refractivity contribution in [2.75, 3.05) is 30.8 Å². The summed E-state index contributed by atoms with van der Waals surface area (Å²) >= 11 is 5.91. The lowest BCUT2D eigenvalue weighted by Crippen LogP contribution is -2.44. The van der Waals surface area contributed by atoms with Crippen molar-refractivity contribution in [3.05, 3.63) is 65.4 Å². The normalized spacial score (nSPS) is 16.5. The van der Waals surface area contributed by atoms with E-state index in [0.29, 0.717) is 10.9 Å². The quantitative estimate of drug-likeness (QED) is 0.226. The highest BCUT2D eigenvalue weighted by Gasteiger charge is 2.42. The van der Waals surface area contributed by atoms with Crippen LogP contribution in [0.25, 0.3) is 22.0 Å². The van der Waals surface area contributed by atoms with Crippen LogP contribution in [0.4, 0.5) is 25.2 Å². The van der Waals surface area contributed by atoms with Crippen molar-refractivity contribution in [2.24, 2.45) is 0 Å². The largest absolute Gasteiger partial charge is 0.480 e. The van der Waals surface area contributed by atoms with Crippen LogP contribution in [0.15, 0.2) is 53.7 Å². The number of benzene rings is 2. The Bertz CT molecular complexity index is 2010. The molecule has 0 spiro atoms. The summed E-state index contributed by atoms with van der Waals surface area (Å²) in [6.07, 6.45) is 2.18. The maximum absolute atomic E-state index is 15.8. The van der Waals surface area contributed by atoms with E-state index in [2.05, 4.69) is 25.0 Å². The fraction of sp³-hybridized carbons (Fsp3) is 0.323. The molecule has 0 radical (unpaired) electrons. The van der Waals surface area contributed by atoms with E-state index in [4.69, 9.17) is 25.8 Å². The van der Waals surface area contributed by atoms with E-state index in [9.17, 15) is 18.0 Å². The number of likely N-dealkylation sites (tertiary alicyclic amines) is 1. The number of halogens is 3. The first kappa shape index (κ1) is 34.5. The van der Waals surface area contributed by atoms with Crippen LogP contribution in [0.3, 0.4) is 0 Å². The van der Waals surface area contributed by atoms with Crippen molar-refractivity contribution in [3.8, 4) is 17.0 Å². The zero-order valence-electron chi connectivity index (χ0n) is 26.4. The molecule has 13 nitrogen and oxygen atoms in total. The van der Waals surface area contributed by atoms with Crippen molar-refractivity contribution in [3.63, 3.8) is 0 Å². The number of pyridine rings is 1. The first-order valence-corrected chi connectivity index (χ1v) is 16.3. The highest BCUT2D eigenvalue weighted by Crippen LogP contribution is 2.34. The van der Waals surface area contributed by atoms with Gasteiger partial charge in [-0.05, 0) is 56.7 Å². The van der Waals surface area contributed by atoms with Gasteiger partial charge in [-0.15, -0.1) is 0 Å². The van der Waals surface area contributed by atoms with Crippen molar-refractivity contribution in [1.82, 2.24) is 19.9 Å². The number of rotatable bonds is 8. The number of hydrogen-bond acceptors (Lipinski definition) is 11. The third kappa shape index (κ3) is 7.33. The van der Waals surface area contributed by atoms with Gasteiger partial charge in [0.15, 0.2) is 10.7 Å². The summed E-state index contributed by atoms with van der Waals surface area (Å²) in [4.78, 5) is 38.7. The lowest BCUT2D eigenvalue weighted by Gasteiger charge is -2.27. The molecule has 1 aliphatic rings. The zero-order chi connectivity index (χ0) is 35.0. The summed E-state index contributed by atoms with van der Waals surface area (Å²) < 4.78 is 74.5. The molecular weight excluding hydrogens is 674 g/mol. The van der Waals surface area contributed by atoms with Crippen molar-refractivity contribution < 1.29 is 41.0 Å². The number of fused-ring (bicyclic) bond motifs is 1. The molecule has 1 aliphatic heterocycles. The number of hydrogen-bond donors (Lipinski definition) is 2. The summed E-state index contributed by atoms with van der Waals surface area (Å²) in [5.74, 6) is -2.77. The van der Waals surface area contributed by atoms with E-state index in [0.717, 1.165) is 18.2 Å². The molecule has 48 heavy (non-hydrogen) atoms. The van der Waals surface area contributed by atoms with Gasteiger partial charge in [-0.1, -0.05) is 17.7 Å². The number of amides is 1. The zero-order valence-corrected chi connectivity index (χ0v) is 27.9. The molecule has 254 valence electrons. The molecule has 2 atom stereocenters. The molecule has 0 aliphatic carbocycles. The summed E-state index contributed by atoms with van der Waals surface area (Å²) in [6.45, 7) is 5.28. The number of sulfonamides is 1. The van der Waals surface area contributed by atoms with E-state index < -0.39 is 67.6 Å². The first-order chi connectivity index (χ1) is 22.6. The number of carbonyl (C=O) groups excluding carboxylic acids is 2. The number of carbonyl (C=O) groups is 2. The van der Waals surface area contributed by atoms with E-state index in [1.165, 1.54) is 49.7 Å². The molecule has 4 aromatic rings. The van der Waals surface area contributed by atoms with E-state index in [1.54, 1.807) is 20.8 Å². The number of nitrogens with one attached hydrogen (secondary N) is 2. The van der Waals surface area contributed by atoms with Gasteiger partial charge in [-0.3, -0.25) is 9.62 Å². The van der Waals surface area contributed by atoms with Crippen LogP contribution >= 0.6 is 11.6 Å². The summed E-state index contributed by atoms with van der Waals surface area (Å²) in [6, 6.07) is 6.08. The number of aromatic nitrogens is 3. The fourth-order valence-corrected chi connectivity index (χ4v) is 6.54. The SMILES string of the molecule is COC(=O)[C@H]1C[C@H](Nc2ncc3cc(-c4c(F)ccc(NS(=O)(=O)c5cc(Cl)cnc5OC)c4F)ccc3n2)CN1C(=O)OC(C)(C)C. The number of esters is 1. The Labute approximate surface area is 279 Å². The van der Waals surface area contributed by atoms with Gasteiger partial charge in [0.1, 0.15) is 17.5 Å². The van der Waals surface area contributed by atoms with Crippen molar-refractivity contribution in [1.29, 1.82) is 0 Å². The number of ether oxygens (including phenoxy) is 3. The third-order valence-electron chi connectivity index (χ3n) is 7.21. The van der Waals surface area contributed by atoms with Gasteiger partial charge in [0.05, 0.1) is 36.0 Å². The molecule has 0 bridgehead atoms. The summed E-state index contributed by atoms with van der Waals surface area (Å²) in [5.41, 5.74) is -1.27. The van der Waals surface area contributed by atoms with Gasteiger partial charge in [0, 0.05) is 36.8 Å². The molecule has 5 rings (SSSR count). The lowest BCUT2D eigenvalue weighted by molar-refractivity contribution is -0.145. The average Bonchev–Trinajstić information content (AvgIpc) is 3.45. The van der Waals surface area contributed by atoms with Crippen LogP contribution in [0, 0.1) is 11.6 Å². The van der Waals surface area contributed by atoms with Gasteiger partial charge < -0.3 is 19.5 Å². The predicted octanol–water partition coefficient (Wildman–Crippen LogP) is 5.40. The Kier molecular flexibility index (Phi) is 9.60. The van der Waals surface area contributed by atoms with Crippen LogP contribution in [0.2, 0.25) is 5.02 Å². The lowest BCUT2D eigenvalue weighted by atomic mass is 10.0. The van der Waals surface area contributed by atoms with Crippen LogP contribution in [-0.2, 0) is 24.3 Å². The molecule has 0 saturated carbocycles. The second-order valence-electron chi connectivity index (χ2n) is 11.8. The van der Waals surface area contributed by atoms with Gasteiger partial charge in [0.25, 0.3) is 10.0 Å². The van der Waals surface area contributed by atoms with Crippen molar-refractivity contribution >= 4 is 56.2 Å². The average molecular weight is 705 g/mol. The Morgan fingerprint density at radius 2 is 1.81 bits per heavy atom. The topological polar surface area (TPSA) is 162 Å². The van der Waals surface area contributed by atoms with Gasteiger partial charge in [-0.2, -0.15) is 0 Å². The molecule has 0 unspecified atom stereocenters. The van der Waals surface area contributed by atoms with E-state index >= 15 is 8.78 Å². The molecule has 3 heterocycles. The third-order valence-corrected chi connectivity index (χ3v) is 8.77. The Hall–Kier alpha value is -4.83. The molecule has 2 aromatic carbocycles. The van der Waals surface area contributed by atoms with Crippen LogP contribution in [0.5, 0.6) is 5.88 Å². The fourth-order valence-electron chi connectivity index (χ4n) is 5.11. The van der Waals surface area contributed by atoms with Gasteiger partial charge in [-0.25, -0.2) is 41.7 Å².